The fourth-order valence-electron chi connectivity index (χ4n) is 3.34. The zero-order valence-electron chi connectivity index (χ0n) is 19.2. The summed E-state index contributed by atoms with van der Waals surface area (Å²) in [6.45, 7) is 7.99. The Kier molecular flexibility index (Phi) is 6.85. The summed E-state index contributed by atoms with van der Waals surface area (Å²) in [7, 11) is -0.722. The third-order valence-electron chi connectivity index (χ3n) is 5.12. The van der Waals surface area contributed by atoms with Crippen molar-refractivity contribution in [3.8, 4) is 0 Å². The molecule has 0 aliphatic heterocycles. The van der Waals surface area contributed by atoms with E-state index in [-0.39, 0.29) is 29.2 Å². The van der Waals surface area contributed by atoms with Gasteiger partial charge in [-0.3, -0.25) is 4.79 Å². The molecule has 0 saturated heterocycles. The number of sulfonamides is 1. The molecule has 1 N–H and O–H groups in total. The molecule has 0 radical (unpaired) electrons. The molecule has 9 nitrogen and oxygen atoms in total. The first-order chi connectivity index (χ1) is 15.0. The van der Waals surface area contributed by atoms with Crippen LogP contribution < -0.4 is 10.2 Å². The summed E-state index contributed by atoms with van der Waals surface area (Å²) in [6.07, 6.45) is 0. The van der Waals surface area contributed by atoms with Crippen LogP contribution in [0, 0.1) is 0 Å². The van der Waals surface area contributed by atoms with E-state index in [0.717, 1.165) is 26.0 Å². The van der Waals surface area contributed by atoms with Crippen molar-refractivity contribution in [3.05, 3.63) is 47.5 Å². The summed E-state index contributed by atoms with van der Waals surface area (Å²) in [5.74, 6) is 0.128. The molecule has 0 bridgehead atoms. The first-order valence-corrected chi connectivity index (χ1v) is 11.8. The average molecular weight is 460 g/mol. The van der Waals surface area contributed by atoms with Crippen molar-refractivity contribution in [2.45, 2.75) is 44.4 Å². The lowest BCUT2D eigenvalue weighted by Crippen LogP contribution is -2.27. The molecular formula is C22H29N5O4S. The van der Waals surface area contributed by atoms with Gasteiger partial charge in [-0.2, -0.15) is 0 Å². The second-order valence-corrected chi connectivity index (χ2v) is 10.5. The molecule has 2 aromatic carbocycles. The summed E-state index contributed by atoms with van der Waals surface area (Å²) >= 11 is 0. The molecule has 1 aromatic heterocycles. The summed E-state index contributed by atoms with van der Waals surface area (Å²) in [5.41, 5.74) is 3.71. The maximum Gasteiger partial charge on any atom is 0.265 e. The highest BCUT2D eigenvalue weighted by Gasteiger charge is 2.20. The van der Waals surface area contributed by atoms with Gasteiger partial charge in [-0.1, -0.05) is 50.7 Å². The lowest BCUT2D eigenvalue weighted by atomic mass is 9.92. The largest absolute Gasteiger partial charge is 0.385 e. The Bertz CT molecular complexity index is 1210. The Hall–Kier alpha value is -2.98. The zero-order valence-corrected chi connectivity index (χ0v) is 20.0. The maximum atomic E-state index is 12.7. The van der Waals surface area contributed by atoms with Gasteiger partial charge in [0.25, 0.3) is 5.91 Å². The highest BCUT2D eigenvalue weighted by atomic mass is 32.2. The molecule has 10 heteroatoms. The van der Waals surface area contributed by atoms with Crippen molar-refractivity contribution in [1.82, 2.24) is 19.5 Å². The number of carbonyl (C=O) groups is 1. The number of hydrogen-bond donors (Lipinski definition) is 1. The monoisotopic (exact) mass is 459 g/mol. The highest BCUT2D eigenvalue weighted by Crippen LogP contribution is 2.32. The van der Waals surface area contributed by atoms with Crippen molar-refractivity contribution < 1.29 is 18.0 Å². The molecule has 1 amide bonds. The Labute approximate surface area is 188 Å². The van der Waals surface area contributed by atoms with E-state index in [1.165, 1.54) is 26.2 Å². The number of para-hydroxylation sites is 1. The third kappa shape index (κ3) is 4.76. The molecule has 0 atom stereocenters. The van der Waals surface area contributed by atoms with Crippen molar-refractivity contribution in [2.75, 3.05) is 26.0 Å². The molecule has 3 rings (SSSR count). The van der Waals surface area contributed by atoms with Crippen molar-refractivity contribution in [3.63, 3.8) is 0 Å². The average Bonchev–Trinajstić information content (AvgIpc) is 3.14. The van der Waals surface area contributed by atoms with Gasteiger partial charge in [0.2, 0.25) is 10.0 Å². The SMILES string of the molecule is CC(C)c1cccc(C(C)C)c1NC(=O)COn1nnc2ccc(S(=O)(=O)N(C)C)cc21. The number of aromatic nitrogens is 3. The van der Waals surface area contributed by atoms with E-state index in [0.29, 0.717) is 11.0 Å². The van der Waals surface area contributed by atoms with E-state index in [4.69, 9.17) is 4.84 Å². The molecule has 0 saturated carbocycles. The predicted molar refractivity (Wildman–Crippen MR) is 123 cm³/mol. The van der Waals surface area contributed by atoms with Crippen LogP contribution in [0.3, 0.4) is 0 Å². The van der Waals surface area contributed by atoms with E-state index in [1.54, 1.807) is 6.07 Å². The first kappa shape index (κ1) is 23.7. The second-order valence-electron chi connectivity index (χ2n) is 8.34. The molecule has 0 aliphatic rings. The van der Waals surface area contributed by atoms with Gasteiger partial charge in [0.1, 0.15) is 11.0 Å². The number of fused-ring (bicyclic) bond motifs is 1. The summed E-state index contributed by atoms with van der Waals surface area (Å²) < 4.78 is 26.0. The molecule has 3 aromatic rings. The van der Waals surface area contributed by atoms with Crippen LogP contribution in [0.2, 0.25) is 0 Å². The van der Waals surface area contributed by atoms with Gasteiger partial charge in [-0.05, 0) is 46.4 Å². The number of amides is 1. The Morgan fingerprint density at radius 3 is 2.28 bits per heavy atom. The summed E-state index contributed by atoms with van der Waals surface area (Å²) in [6, 6.07) is 10.4. The number of rotatable bonds is 8. The molecule has 0 spiro atoms. The van der Waals surface area contributed by atoms with Crippen LogP contribution in [0.1, 0.15) is 50.7 Å². The number of anilines is 1. The van der Waals surface area contributed by atoms with Crippen LogP contribution in [0.5, 0.6) is 0 Å². The molecule has 32 heavy (non-hydrogen) atoms. The Morgan fingerprint density at radius 2 is 1.72 bits per heavy atom. The van der Waals surface area contributed by atoms with Crippen LogP contribution >= 0.6 is 0 Å². The molecule has 0 aliphatic carbocycles. The number of benzene rings is 2. The van der Waals surface area contributed by atoms with Gasteiger partial charge in [0.15, 0.2) is 6.61 Å². The number of nitrogens with one attached hydrogen (secondary N) is 1. The molecule has 0 unspecified atom stereocenters. The highest BCUT2D eigenvalue weighted by molar-refractivity contribution is 7.89. The Balaban J connectivity index is 1.82. The van der Waals surface area contributed by atoms with Gasteiger partial charge in [-0.25, -0.2) is 12.7 Å². The smallest absolute Gasteiger partial charge is 0.265 e. The fraction of sp³-hybridized carbons (Fsp3) is 0.409. The molecule has 0 fully saturated rings. The van der Waals surface area contributed by atoms with Gasteiger partial charge < -0.3 is 10.2 Å². The zero-order chi connectivity index (χ0) is 23.6. The molecule has 1 heterocycles. The number of hydrogen-bond acceptors (Lipinski definition) is 6. The van der Waals surface area contributed by atoms with Crippen molar-refractivity contribution >= 4 is 32.7 Å². The lowest BCUT2D eigenvalue weighted by molar-refractivity contribution is -0.121. The minimum Gasteiger partial charge on any atom is -0.385 e. The summed E-state index contributed by atoms with van der Waals surface area (Å²) in [4.78, 5) is 19.4. The molecule has 172 valence electrons. The standard InChI is InChI=1S/C22H29N5O4S/c1-14(2)17-8-7-9-18(15(3)4)22(17)23-21(28)13-31-27-20-12-16(32(29,30)26(5)6)10-11-19(20)24-25-27/h7-12,14-15H,13H2,1-6H3,(H,23,28). The topological polar surface area (TPSA) is 106 Å². The predicted octanol–water partition coefficient (Wildman–Crippen LogP) is 3.00. The second kappa shape index (κ2) is 9.25. The lowest BCUT2D eigenvalue weighted by Gasteiger charge is -2.20. The van der Waals surface area contributed by atoms with Crippen LogP contribution in [0.25, 0.3) is 11.0 Å². The maximum absolute atomic E-state index is 12.7. The fourth-order valence-corrected chi connectivity index (χ4v) is 4.26. The van der Waals surface area contributed by atoms with Gasteiger partial charge >= 0.3 is 0 Å². The first-order valence-electron chi connectivity index (χ1n) is 10.4. The summed E-state index contributed by atoms with van der Waals surface area (Å²) in [5, 5.41) is 10.8. The van der Waals surface area contributed by atoms with Gasteiger partial charge in [-0.15, -0.1) is 5.10 Å². The van der Waals surface area contributed by atoms with E-state index < -0.39 is 10.0 Å². The van der Waals surface area contributed by atoms with Crippen molar-refractivity contribution in [1.29, 1.82) is 0 Å². The number of carbonyl (C=O) groups excluding carboxylic acids is 1. The van der Waals surface area contributed by atoms with Crippen LogP contribution in [0.4, 0.5) is 5.69 Å². The van der Waals surface area contributed by atoms with E-state index in [1.807, 2.05) is 18.2 Å². The van der Waals surface area contributed by atoms with Gasteiger partial charge in [0, 0.05) is 19.8 Å². The van der Waals surface area contributed by atoms with Gasteiger partial charge in [0.05, 0.1) is 4.90 Å². The van der Waals surface area contributed by atoms with Crippen LogP contribution in [-0.4, -0.2) is 54.5 Å². The van der Waals surface area contributed by atoms with E-state index in [9.17, 15) is 13.2 Å². The van der Waals surface area contributed by atoms with Crippen LogP contribution in [-0.2, 0) is 14.8 Å². The number of nitrogens with zero attached hydrogens (tertiary/aromatic N) is 4. The Morgan fingerprint density at radius 1 is 1.09 bits per heavy atom. The quantitative estimate of drug-likeness (QED) is 0.555. The van der Waals surface area contributed by atoms with Crippen molar-refractivity contribution in [2.24, 2.45) is 0 Å². The minimum atomic E-state index is -3.63. The van der Waals surface area contributed by atoms with E-state index in [2.05, 4.69) is 43.3 Å². The molecular weight excluding hydrogens is 430 g/mol. The van der Waals surface area contributed by atoms with E-state index >= 15 is 0 Å². The third-order valence-corrected chi connectivity index (χ3v) is 6.93. The van der Waals surface area contributed by atoms with Crippen LogP contribution in [0.15, 0.2) is 41.3 Å². The normalized spacial score (nSPS) is 12.2. The minimum absolute atomic E-state index is 0.0824.